The Balaban J connectivity index is 2.23. The fourth-order valence-electron chi connectivity index (χ4n) is 2.11. The summed E-state index contributed by atoms with van der Waals surface area (Å²) in [6, 6.07) is 0.323. The predicted octanol–water partition coefficient (Wildman–Crippen LogP) is 0.899. The number of hydrogen-bond acceptors (Lipinski definition) is 3. The van der Waals surface area contributed by atoms with Gasteiger partial charge in [0.25, 0.3) is 0 Å². The van der Waals surface area contributed by atoms with Crippen LogP contribution in [0, 0.1) is 5.92 Å². The summed E-state index contributed by atoms with van der Waals surface area (Å²) in [5.41, 5.74) is 5.51. The molecule has 1 aliphatic heterocycles. The van der Waals surface area contributed by atoms with Crippen LogP contribution in [0.3, 0.4) is 0 Å². The van der Waals surface area contributed by atoms with Gasteiger partial charge >= 0.3 is 0 Å². The fraction of sp³-hybridized carbons (Fsp3) is 0.833. The Morgan fingerprint density at radius 3 is 2.53 bits per heavy atom. The van der Waals surface area contributed by atoms with Crippen molar-refractivity contribution >= 4 is 23.1 Å². The van der Waals surface area contributed by atoms with E-state index in [1.807, 2.05) is 0 Å². The third-order valence-electron chi connectivity index (χ3n) is 2.93. The second-order valence-electron chi connectivity index (χ2n) is 5.18. The van der Waals surface area contributed by atoms with Crippen molar-refractivity contribution in [3.63, 3.8) is 0 Å². The molecule has 0 aromatic rings. The summed E-state index contributed by atoms with van der Waals surface area (Å²) in [4.78, 5) is 14.4. The Bertz CT molecular complexity index is 273. The van der Waals surface area contributed by atoms with Crippen molar-refractivity contribution < 1.29 is 4.79 Å². The van der Waals surface area contributed by atoms with Gasteiger partial charge in [-0.1, -0.05) is 26.1 Å². The maximum atomic E-state index is 11.6. The van der Waals surface area contributed by atoms with E-state index in [1.54, 1.807) is 0 Å². The van der Waals surface area contributed by atoms with Gasteiger partial charge < -0.3 is 11.1 Å². The molecule has 1 fully saturated rings. The highest BCUT2D eigenvalue weighted by Gasteiger charge is 2.20. The monoisotopic (exact) mass is 257 g/mol. The molecule has 4 nitrogen and oxygen atoms in total. The number of carbonyl (C=O) groups excluding carboxylic acids is 1. The molecular weight excluding hydrogens is 234 g/mol. The van der Waals surface area contributed by atoms with Crippen molar-refractivity contribution in [3.05, 3.63) is 0 Å². The number of amides is 1. The fourth-order valence-corrected chi connectivity index (χ4v) is 2.30. The number of piperidine rings is 1. The molecule has 0 radical (unpaired) electrons. The van der Waals surface area contributed by atoms with Crippen LogP contribution >= 0.6 is 12.2 Å². The summed E-state index contributed by atoms with van der Waals surface area (Å²) >= 11 is 4.89. The zero-order valence-electron chi connectivity index (χ0n) is 10.7. The van der Waals surface area contributed by atoms with Crippen molar-refractivity contribution in [1.29, 1.82) is 0 Å². The van der Waals surface area contributed by atoms with E-state index in [-0.39, 0.29) is 5.91 Å². The Kier molecular flexibility index (Phi) is 5.85. The normalized spacial score (nSPS) is 18.3. The first-order valence-corrected chi connectivity index (χ1v) is 6.68. The number of rotatable bonds is 5. The molecule has 1 amide bonds. The quantitative estimate of drug-likeness (QED) is 0.719. The van der Waals surface area contributed by atoms with E-state index in [0.29, 0.717) is 29.9 Å². The van der Waals surface area contributed by atoms with E-state index in [2.05, 4.69) is 24.1 Å². The standard InChI is InChI=1S/C12H23N3OS/c1-9(2)7-12(16)14-10-3-5-15(6-4-10)8-11(13)17/h9-10H,3-8H2,1-2H3,(H2,13,17)(H,14,16). The van der Waals surface area contributed by atoms with Gasteiger partial charge in [-0.25, -0.2) is 0 Å². The molecule has 1 rings (SSSR count). The van der Waals surface area contributed by atoms with E-state index in [0.717, 1.165) is 25.9 Å². The molecule has 5 heteroatoms. The average molecular weight is 257 g/mol. The molecule has 0 saturated carbocycles. The van der Waals surface area contributed by atoms with Crippen molar-refractivity contribution in [1.82, 2.24) is 10.2 Å². The van der Waals surface area contributed by atoms with Crippen molar-refractivity contribution in [2.75, 3.05) is 19.6 Å². The van der Waals surface area contributed by atoms with Crippen LogP contribution < -0.4 is 11.1 Å². The van der Waals surface area contributed by atoms with Crippen LogP contribution in [-0.2, 0) is 4.79 Å². The van der Waals surface area contributed by atoms with E-state index < -0.39 is 0 Å². The van der Waals surface area contributed by atoms with Gasteiger partial charge in [-0.3, -0.25) is 9.69 Å². The maximum absolute atomic E-state index is 11.6. The lowest BCUT2D eigenvalue weighted by molar-refractivity contribution is -0.122. The maximum Gasteiger partial charge on any atom is 0.220 e. The molecule has 0 aliphatic carbocycles. The summed E-state index contributed by atoms with van der Waals surface area (Å²) in [7, 11) is 0. The second-order valence-corrected chi connectivity index (χ2v) is 5.71. The highest BCUT2D eigenvalue weighted by atomic mass is 32.1. The molecule has 0 aromatic carbocycles. The summed E-state index contributed by atoms with van der Waals surface area (Å²) < 4.78 is 0. The highest BCUT2D eigenvalue weighted by molar-refractivity contribution is 7.80. The van der Waals surface area contributed by atoms with Crippen LogP contribution in [-0.4, -0.2) is 41.5 Å². The lowest BCUT2D eigenvalue weighted by Gasteiger charge is -2.32. The highest BCUT2D eigenvalue weighted by Crippen LogP contribution is 2.10. The number of nitrogens with two attached hydrogens (primary N) is 1. The lowest BCUT2D eigenvalue weighted by Crippen LogP contribution is -2.46. The van der Waals surface area contributed by atoms with Gasteiger partial charge in [-0.15, -0.1) is 0 Å². The van der Waals surface area contributed by atoms with Gasteiger partial charge in [0.05, 0.1) is 4.99 Å². The molecule has 1 aliphatic rings. The van der Waals surface area contributed by atoms with Crippen LogP contribution in [0.25, 0.3) is 0 Å². The molecule has 3 N–H and O–H groups in total. The van der Waals surface area contributed by atoms with Gasteiger partial charge in [-0.2, -0.15) is 0 Å². The molecule has 1 saturated heterocycles. The lowest BCUT2D eigenvalue weighted by atomic mass is 10.0. The van der Waals surface area contributed by atoms with Crippen LogP contribution in [0.5, 0.6) is 0 Å². The number of likely N-dealkylation sites (tertiary alicyclic amines) is 1. The van der Waals surface area contributed by atoms with E-state index in [9.17, 15) is 4.79 Å². The molecule has 0 atom stereocenters. The number of thiocarbonyl (C=S) groups is 1. The van der Waals surface area contributed by atoms with Crippen molar-refractivity contribution in [2.45, 2.75) is 39.2 Å². The van der Waals surface area contributed by atoms with Crippen molar-refractivity contribution in [3.8, 4) is 0 Å². The van der Waals surface area contributed by atoms with Gasteiger partial charge in [0.15, 0.2) is 0 Å². The first-order chi connectivity index (χ1) is 7.97. The third kappa shape index (κ3) is 5.98. The molecule has 0 bridgehead atoms. The number of nitrogens with zero attached hydrogens (tertiary/aromatic N) is 1. The van der Waals surface area contributed by atoms with Crippen LogP contribution in [0.15, 0.2) is 0 Å². The first-order valence-electron chi connectivity index (χ1n) is 6.27. The number of carbonyl (C=O) groups is 1. The number of nitrogens with one attached hydrogen (secondary N) is 1. The van der Waals surface area contributed by atoms with E-state index in [1.165, 1.54) is 0 Å². The Hall–Kier alpha value is -0.680. The Morgan fingerprint density at radius 1 is 1.47 bits per heavy atom. The topological polar surface area (TPSA) is 58.4 Å². The SMILES string of the molecule is CC(C)CC(=O)NC1CCN(CC(N)=S)CC1. The zero-order chi connectivity index (χ0) is 12.8. The molecule has 17 heavy (non-hydrogen) atoms. The van der Waals surface area contributed by atoms with E-state index in [4.69, 9.17) is 18.0 Å². The van der Waals surface area contributed by atoms with Crippen LogP contribution in [0.2, 0.25) is 0 Å². The molecule has 0 spiro atoms. The van der Waals surface area contributed by atoms with Gasteiger partial charge in [0.2, 0.25) is 5.91 Å². The van der Waals surface area contributed by atoms with Gasteiger partial charge in [-0.05, 0) is 18.8 Å². The first kappa shape index (κ1) is 14.4. The second kappa shape index (κ2) is 6.91. The number of hydrogen-bond donors (Lipinski definition) is 2. The molecule has 1 heterocycles. The molecule has 0 unspecified atom stereocenters. The largest absolute Gasteiger partial charge is 0.392 e. The predicted molar refractivity (Wildman–Crippen MR) is 73.8 cm³/mol. The van der Waals surface area contributed by atoms with Crippen LogP contribution in [0.1, 0.15) is 33.1 Å². The van der Waals surface area contributed by atoms with Gasteiger partial charge in [0.1, 0.15) is 0 Å². The zero-order valence-corrected chi connectivity index (χ0v) is 11.6. The van der Waals surface area contributed by atoms with E-state index >= 15 is 0 Å². The summed E-state index contributed by atoms with van der Waals surface area (Å²) in [6.07, 6.45) is 2.60. The van der Waals surface area contributed by atoms with Gasteiger partial charge in [0, 0.05) is 32.1 Å². The van der Waals surface area contributed by atoms with Crippen LogP contribution in [0.4, 0.5) is 0 Å². The molecule has 0 aromatic heterocycles. The minimum atomic E-state index is 0.174. The minimum Gasteiger partial charge on any atom is -0.392 e. The summed E-state index contributed by atoms with van der Waals surface area (Å²) in [5, 5.41) is 3.09. The minimum absolute atomic E-state index is 0.174. The smallest absolute Gasteiger partial charge is 0.220 e. The third-order valence-corrected chi connectivity index (χ3v) is 3.05. The Morgan fingerprint density at radius 2 is 2.06 bits per heavy atom. The molecule has 98 valence electrons. The molecular formula is C12H23N3OS. The Labute approximate surface area is 109 Å². The van der Waals surface area contributed by atoms with Crippen molar-refractivity contribution in [2.24, 2.45) is 11.7 Å². The summed E-state index contributed by atoms with van der Waals surface area (Å²) in [6.45, 7) is 6.74. The average Bonchev–Trinajstić information content (AvgIpc) is 2.18. The summed E-state index contributed by atoms with van der Waals surface area (Å²) in [5.74, 6) is 0.595.